The van der Waals surface area contributed by atoms with Crippen molar-refractivity contribution in [1.82, 2.24) is 10.2 Å². The van der Waals surface area contributed by atoms with E-state index in [1.807, 2.05) is 36.4 Å². The monoisotopic (exact) mass is 379 g/mol. The summed E-state index contributed by atoms with van der Waals surface area (Å²) in [5, 5.41) is 12.3. The fourth-order valence-corrected chi connectivity index (χ4v) is 3.79. The maximum Gasteiger partial charge on any atom is 0.267 e. The Morgan fingerprint density at radius 2 is 1.90 bits per heavy atom. The summed E-state index contributed by atoms with van der Waals surface area (Å²) in [4.78, 5) is 12.7. The summed E-state index contributed by atoms with van der Waals surface area (Å²) >= 11 is 6.12. The molecule has 21 heavy (non-hydrogen) atoms. The standard InChI is InChI=1S/C14H10BrN3OS2/c15-11-7-6-10(20-11)13(19)16-14-18-17-12(21-14)8-9-4-2-1-3-5-9/h1-7H,8H2,(H,16,18,19). The SMILES string of the molecule is O=C(Nc1nnc(Cc2ccccc2)s1)c1ccc(Br)s1. The van der Waals surface area contributed by atoms with Crippen molar-refractivity contribution in [2.24, 2.45) is 0 Å². The van der Waals surface area contributed by atoms with Crippen LogP contribution >= 0.6 is 38.6 Å². The predicted octanol–water partition coefficient (Wildman–Crippen LogP) is 4.21. The molecule has 0 aliphatic carbocycles. The Labute approximate surface area is 138 Å². The van der Waals surface area contributed by atoms with Crippen LogP contribution in [0.5, 0.6) is 0 Å². The molecule has 0 bridgehead atoms. The second-order valence-electron chi connectivity index (χ2n) is 4.22. The van der Waals surface area contributed by atoms with E-state index in [0.717, 1.165) is 15.2 Å². The minimum atomic E-state index is -0.159. The normalized spacial score (nSPS) is 10.5. The van der Waals surface area contributed by atoms with E-state index >= 15 is 0 Å². The third-order valence-electron chi connectivity index (χ3n) is 2.68. The van der Waals surface area contributed by atoms with E-state index in [9.17, 15) is 4.79 Å². The van der Waals surface area contributed by atoms with Gasteiger partial charge in [0.05, 0.1) is 8.66 Å². The molecule has 2 aromatic heterocycles. The minimum Gasteiger partial charge on any atom is -0.296 e. The lowest BCUT2D eigenvalue weighted by Gasteiger charge is -1.97. The molecule has 1 aromatic carbocycles. The molecular formula is C14H10BrN3OS2. The van der Waals surface area contributed by atoms with Crippen LogP contribution in [-0.4, -0.2) is 16.1 Å². The maximum absolute atomic E-state index is 12.0. The molecule has 0 aliphatic rings. The highest BCUT2D eigenvalue weighted by Gasteiger charge is 2.12. The van der Waals surface area contributed by atoms with Gasteiger partial charge in [0.2, 0.25) is 5.13 Å². The number of hydrogen-bond acceptors (Lipinski definition) is 5. The van der Waals surface area contributed by atoms with Gasteiger partial charge in [-0.25, -0.2) is 0 Å². The van der Waals surface area contributed by atoms with Crippen molar-refractivity contribution in [3.8, 4) is 0 Å². The number of halogens is 1. The van der Waals surface area contributed by atoms with Gasteiger partial charge in [0.1, 0.15) is 5.01 Å². The van der Waals surface area contributed by atoms with Crippen LogP contribution in [0.1, 0.15) is 20.2 Å². The number of amides is 1. The molecule has 0 fully saturated rings. The van der Waals surface area contributed by atoms with Gasteiger partial charge in [-0.15, -0.1) is 21.5 Å². The van der Waals surface area contributed by atoms with Crippen LogP contribution in [0.25, 0.3) is 0 Å². The lowest BCUT2D eigenvalue weighted by atomic mass is 10.2. The molecule has 0 radical (unpaired) electrons. The van der Waals surface area contributed by atoms with E-state index in [4.69, 9.17) is 0 Å². The average molecular weight is 380 g/mol. The van der Waals surface area contributed by atoms with Crippen LogP contribution < -0.4 is 5.32 Å². The van der Waals surface area contributed by atoms with Gasteiger partial charge in [0.25, 0.3) is 5.91 Å². The zero-order valence-corrected chi connectivity index (χ0v) is 14.0. The molecular weight excluding hydrogens is 370 g/mol. The Morgan fingerprint density at radius 3 is 2.62 bits per heavy atom. The van der Waals surface area contributed by atoms with Crippen LogP contribution in [0.3, 0.4) is 0 Å². The minimum absolute atomic E-state index is 0.159. The largest absolute Gasteiger partial charge is 0.296 e. The Hall–Kier alpha value is -1.57. The lowest BCUT2D eigenvalue weighted by molar-refractivity contribution is 0.103. The number of anilines is 1. The van der Waals surface area contributed by atoms with Gasteiger partial charge >= 0.3 is 0 Å². The highest BCUT2D eigenvalue weighted by Crippen LogP contribution is 2.24. The number of rotatable bonds is 4. The summed E-state index contributed by atoms with van der Waals surface area (Å²) in [6.45, 7) is 0. The Bertz CT molecular complexity index is 754. The first-order chi connectivity index (χ1) is 10.2. The molecule has 2 heterocycles. The molecule has 0 atom stereocenters. The number of nitrogens with one attached hydrogen (secondary N) is 1. The van der Waals surface area contributed by atoms with E-state index in [2.05, 4.69) is 31.4 Å². The third-order valence-corrected chi connectivity index (χ3v) is 5.14. The van der Waals surface area contributed by atoms with Crippen LogP contribution in [0, 0.1) is 0 Å². The molecule has 0 spiro atoms. The molecule has 0 saturated heterocycles. The van der Waals surface area contributed by atoms with Gasteiger partial charge in [-0.05, 0) is 33.6 Å². The number of aromatic nitrogens is 2. The summed E-state index contributed by atoms with van der Waals surface area (Å²) in [7, 11) is 0. The van der Waals surface area contributed by atoms with E-state index in [0.29, 0.717) is 10.0 Å². The number of hydrogen-bond donors (Lipinski definition) is 1. The topological polar surface area (TPSA) is 54.9 Å². The van der Waals surface area contributed by atoms with E-state index in [1.165, 1.54) is 28.2 Å². The van der Waals surface area contributed by atoms with Gasteiger partial charge in [-0.3, -0.25) is 10.1 Å². The summed E-state index contributed by atoms with van der Waals surface area (Å²) in [6, 6.07) is 13.7. The van der Waals surface area contributed by atoms with Crippen LogP contribution in [0.15, 0.2) is 46.3 Å². The lowest BCUT2D eigenvalue weighted by Crippen LogP contribution is -2.09. The fraction of sp³-hybridized carbons (Fsp3) is 0.0714. The second-order valence-corrected chi connectivity index (χ2v) is 7.75. The van der Waals surface area contributed by atoms with Crippen LogP contribution in [0.2, 0.25) is 0 Å². The molecule has 4 nitrogen and oxygen atoms in total. The quantitative estimate of drug-likeness (QED) is 0.738. The highest BCUT2D eigenvalue weighted by atomic mass is 79.9. The first kappa shape index (κ1) is 14.4. The molecule has 7 heteroatoms. The number of carbonyl (C=O) groups is 1. The van der Waals surface area contributed by atoms with Crippen molar-refractivity contribution < 1.29 is 4.79 Å². The van der Waals surface area contributed by atoms with E-state index < -0.39 is 0 Å². The van der Waals surface area contributed by atoms with Gasteiger partial charge < -0.3 is 0 Å². The summed E-state index contributed by atoms with van der Waals surface area (Å²) in [5.74, 6) is -0.159. The van der Waals surface area contributed by atoms with Gasteiger partial charge in [-0.2, -0.15) is 0 Å². The van der Waals surface area contributed by atoms with Crippen molar-refractivity contribution >= 4 is 49.6 Å². The van der Waals surface area contributed by atoms with Crippen molar-refractivity contribution in [2.75, 3.05) is 5.32 Å². The van der Waals surface area contributed by atoms with Crippen molar-refractivity contribution in [3.63, 3.8) is 0 Å². The number of benzene rings is 1. The molecule has 0 unspecified atom stereocenters. The molecule has 0 saturated carbocycles. The molecule has 3 rings (SSSR count). The van der Waals surface area contributed by atoms with Crippen molar-refractivity contribution in [3.05, 3.63) is 61.7 Å². The van der Waals surface area contributed by atoms with Gasteiger partial charge in [0.15, 0.2) is 0 Å². The maximum atomic E-state index is 12.0. The Kier molecular flexibility index (Phi) is 4.42. The molecule has 1 amide bonds. The van der Waals surface area contributed by atoms with Gasteiger partial charge in [-0.1, -0.05) is 41.7 Å². The summed E-state index contributed by atoms with van der Waals surface area (Å²) in [5.41, 5.74) is 1.17. The fourth-order valence-electron chi connectivity index (χ4n) is 1.74. The highest BCUT2D eigenvalue weighted by molar-refractivity contribution is 9.11. The number of thiophene rings is 1. The molecule has 106 valence electrons. The molecule has 3 aromatic rings. The molecule has 0 aliphatic heterocycles. The summed E-state index contributed by atoms with van der Waals surface area (Å²) in [6.07, 6.45) is 0.721. The van der Waals surface area contributed by atoms with Crippen LogP contribution in [0.4, 0.5) is 5.13 Å². The van der Waals surface area contributed by atoms with E-state index in [1.54, 1.807) is 6.07 Å². The summed E-state index contributed by atoms with van der Waals surface area (Å²) < 4.78 is 0.926. The second kappa shape index (κ2) is 6.46. The molecule has 1 N–H and O–H groups in total. The zero-order valence-electron chi connectivity index (χ0n) is 10.7. The average Bonchev–Trinajstić information content (AvgIpc) is 3.09. The zero-order chi connectivity index (χ0) is 14.7. The van der Waals surface area contributed by atoms with E-state index in [-0.39, 0.29) is 5.91 Å². The number of nitrogens with zero attached hydrogens (tertiary/aromatic N) is 2. The van der Waals surface area contributed by atoms with Crippen LogP contribution in [-0.2, 0) is 6.42 Å². The van der Waals surface area contributed by atoms with Crippen molar-refractivity contribution in [2.45, 2.75) is 6.42 Å². The number of carbonyl (C=O) groups excluding carboxylic acids is 1. The first-order valence-electron chi connectivity index (χ1n) is 6.14. The van der Waals surface area contributed by atoms with Gasteiger partial charge in [0, 0.05) is 6.42 Å². The Morgan fingerprint density at radius 1 is 1.10 bits per heavy atom. The predicted molar refractivity (Wildman–Crippen MR) is 89.1 cm³/mol. The smallest absolute Gasteiger partial charge is 0.267 e. The Balaban J connectivity index is 1.66. The third kappa shape index (κ3) is 3.75. The van der Waals surface area contributed by atoms with Crippen molar-refractivity contribution in [1.29, 1.82) is 0 Å². The first-order valence-corrected chi connectivity index (χ1v) is 8.56.